The van der Waals surface area contributed by atoms with Crippen LogP contribution in [0.25, 0.3) is 0 Å². The number of anilines is 1. The van der Waals surface area contributed by atoms with Crippen molar-refractivity contribution in [2.24, 2.45) is 5.14 Å². The molecule has 0 atom stereocenters. The number of carbonyl (C=O) groups is 1. The molecule has 4 N–H and O–H groups in total. The zero-order chi connectivity index (χ0) is 19.2. The molecule has 0 unspecified atom stereocenters. The molecule has 26 heavy (non-hydrogen) atoms. The molecule has 0 saturated heterocycles. The molecule has 0 aliphatic heterocycles. The molecule has 134 valence electrons. The van der Waals surface area contributed by atoms with Crippen molar-refractivity contribution in [1.29, 1.82) is 5.26 Å². The summed E-state index contributed by atoms with van der Waals surface area (Å²) in [7, 11) is -3.80. The monoisotopic (exact) mass is 434 g/mol. The lowest BCUT2D eigenvalue weighted by atomic mass is 10.2. The molecule has 0 bridgehead atoms. The van der Waals surface area contributed by atoms with Crippen molar-refractivity contribution < 1.29 is 13.2 Å². The average molecular weight is 435 g/mol. The van der Waals surface area contributed by atoms with Gasteiger partial charge in [0.05, 0.1) is 4.90 Å². The molecular formula is C17H15BrN4O3S. The standard InChI is InChI=1S/C17H15BrN4O3S/c18-16-4-2-1-3-12(16)10-21-11-13(9-19)17(23)22-14-5-7-15(8-6-14)26(20,24)25/h1-8,11,21H,10H2,(H,22,23)(H2,20,24,25)/b13-11-. The molecule has 1 amide bonds. The summed E-state index contributed by atoms with van der Waals surface area (Å²) in [6.45, 7) is 0.433. The van der Waals surface area contributed by atoms with Gasteiger partial charge in [-0.1, -0.05) is 34.1 Å². The number of nitriles is 1. The maximum absolute atomic E-state index is 12.1. The Labute approximate surface area is 159 Å². The van der Waals surface area contributed by atoms with Gasteiger partial charge in [-0.25, -0.2) is 13.6 Å². The summed E-state index contributed by atoms with van der Waals surface area (Å²) in [5, 5.41) is 19.6. The van der Waals surface area contributed by atoms with Crippen LogP contribution in [0.5, 0.6) is 0 Å². The van der Waals surface area contributed by atoms with Gasteiger partial charge in [0.2, 0.25) is 10.0 Å². The van der Waals surface area contributed by atoms with Crippen molar-refractivity contribution in [3.63, 3.8) is 0 Å². The Kier molecular flexibility index (Phi) is 6.52. The zero-order valence-corrected chi connectivity index (χ0v) is 15.8. The van der Waals surface area contributed by atoms with Crippen molar-refractivity contribution in [3.8, 4) is 6.07 Å². The third-order valence-corrected chi connectivity index (χ3v) is 5.01. The zero-order valence-electron chi connectivity index (χ0n) is 13.4. The normalized spacial score (nSPS) is 11.5. The Morgan fingerprint density at radius 1 is 1.19 bits per heavy atom. The van der Waals surface area contributed by atoms with E-state index in [0.717, 1.165) is 10.0 Å². The Hall–Kier alpha value is -2.67. The molecular weight excluding hydrogens is 420 g/mol. The Bertz CT molecular complexity index is 980. The van der Waals surface area contributed by atoms with Crippen molar-refractivity contribution in [1.82, 2.24) is 5.32 Å². The number of sulfonamides is 1. The molecule has 0 spiro atoms. The van der Waals surface area contributed by atoms with Gasteiger partial charge in [0.25, 0.3) is 5.91 Å². The minimum atomic E-state index is -3.80. The summed E-state index contributed by atoms with van der Waals surface area (Å²) in [5.41, 5.74) is 1.20. The summed E-state index contributed by atoms with van der Waals surface area (Å²) in [6, 6.07) is 14.7. The molecule has 2 aromatic carbocycles. The Balaban J connectivity index is 2.02. The molecule has 2 rings (SSSR count). The number of primary sulfonamides is 1. The molecule has 0 saturated carbocycles. The van der Waals surface area contributed by atoms with Crippen LogP contribution in [0, 0.1) is 11.3 Å². The van der Waals surface area contributed by atoms with Gasteiger partial charge in [-0.3, -0.25) is 4.79 Å². The molecule has 0 aliphatic rings. The molecule has 0 fully saturated rings. The first-order valence-corrected chi connectivity index (χ1v) is 9.66. The van der Waals surface area contributed by atoms with E-state index in [1.165, 1.54) is 30.5 Å². The summed E-state index contributed by atoms with van der Waals surface area (Å²) in [6.07, 6.45) is 1.33. The van der Waals surface area contributed by atoms with E-state index < -0.39 is 15.9 Å². The van der Waals surface area contributed by atoms with Crippen molar-refractivity contribution in [2.45, 2.75) is 11.4 Å². The second kappa shape index (κ2) is 8.62. The highest BCUT2D eigenvalue weighted by Gasteiger charge is 2.11. The highest BCUT2D eigenvalue weighted by molar-refractivity contribution is 9.10. The SMILES string of the molecule is N#C/C(=C/NCc1ccccc1Br)C(=O)Nc1ccc(S(N)(=O)=O)cc1. The predicted molar refractivity (Wildman–Crippen MR) is 101 cm³/mol. The summed E-state index contributed by atoms with van der Waals surface area (Å²) in [5.74, 6) is -0.615. The van der Waals surface area contributed by atoms with E-state index in [2.05, 4.69) is 26.6 Å². The van der Waals surface area contributed by atoms with E-state index in [9.17, 15) is 13.2 Å². The average Bonchev–Trinajstić information content (AvgIpc) is 2.60. The second-order valence-corrected chi connectivity index (χ2v) is 7.58. The summed E-state index contributed by atoms with van der Waals surface area (Å²) < 4.78 is 23.3. The number of benzene rings is 2. The van der Waals surface area contributed by atoms with Gasteiger partial charge in [-0.2, -0.15) is 5.26 Å². The Morgan fingerprint density at radius 3 is 2.42 bits per heavy atom. The summed E-state index contributed by atoms with van der Waals surface area (Å²) in [4.78, 5) is 12.1. The molecule has 0 heterocycles. The molecule has 2 aromatic rings. The van der Waals surface area contributed by atoms with Crippen molar-refractivity contribution in [2.75, 3.05) is 5.32 Å². The quantitative estimate of drug-likeness (QED) is 0.474. The van der Waals surface area contributed by atoms with Gasteiger partial charge in [-0.15, -0.1) is 0 Å². The number of carbonyl (C=O) groups excluding carboxylic acids is 1. The molecule has 0 aliphatic carbocycles. The predicted octanol–water partition coefficient (Wildman–Crippen LogP) is 2.23. The van der Waals surface area contributed by atoms with E-state index in [1.807, 2.05) is 30.3 Å². The lowest BCUT2D eigenvalue weighted by molar-refractivity contribution is -0.112. The van der Waals surface area contributed by atoms with Crippen LogP contribution < -0.4 is 15.8 Å². The highest BCUT2D eigenvalue weighted by Crippen LogP contribution is 2.16. The highest BCUT2D eigenvalue weighted by atomic mass is 79.9. The first-order chi connectivity index (χ1) is 12.3. The van der Waals surface area contributed by atoms with Crippen LogP contribution in [0.15, 0.2) is 69.7 Å². The van der Waals surface area contributed by atoms with E-state index in [1.54, 1.807) is 0 Å². The number of nitrogens with zero attached hydrogens (tertiary/aromatic N) is 1. The maximum Gasteiger partial charge on any atom is 0.267 e. The number of halogens is 1. The first-order valence-electron chi connectivity index (χ1n) is 7.32. The molecule has 0 radical (unpaired) electrons. The van der Waals surface area contributed by atoms with Gasteiger partial charge in [-0.05, 0) is 35.9 Å². The number of hydrogen-bond acceptors (Lipinski definition) is 5. The Morgan fingerprint density at radius 2 is 1.85 bits per heavy atom. The van der Waals surface area contributed by atoms with Crippen LogP contribution in [0.3, 0.4) is 0 Å². The number of nitrogens with one attached hydrogen (secondary N) is 2. The van der Waals surface area contributed by atoms with E-state index >= 15 is 0 Å². The molecule has 9 heteroatoms. The fourth-order valence-electron chi connectivity index (χ4n) is 1.98. The minimum absolute atomic E-state index is 0.0679. The van der Waals surface area contributed by atoms with Crippen molar-refractivity contribution in [3.05, 3.63) is 70.3 Å². The van der Waals surface area contributed by atoms with Crippen LogP contribution in [0.4, 0.5) is 5.69 Å². The number of rotatable bonds is 6. The van der Waals surface area contributed by atoms with Crippen LogP contribution in [-0.4, -0.2) is 14.3 Å². The molecule has 7 nitrogen and oxygen atoms in total. The topological polar surface area (TPSA) is 125 Å². The lowest BCUT2D eigenvalue weighted by Crippen LogP contribution is -2.17. The van der Waals surface area contributed by atoms with Crippen LogP contribution >= 0.6 is 15.9 Å². The third-order valence-electron chi connectivity index (χ3n) is 3.30. The fraction of sp³-hybridized carbons (Fsp3) is 0.0588. The van der Waals surface area contributed by atoms with Gasteiger partial charge in [0, 0.05) is 22.9 Å². The third kappa shape index (κ3) is 5.42. The second-order valence-electron chi connectivity index (χ2n) is 5.17. The van der Waals surface area contributed by atoms with Crippen LogP contribution in [-0.2, 0) is 21.4 Å². The van der Waals surface area contributed by atoms with E-state index in [0.29, 0.717) is 12.2 Å². The smallest absolute Gasteiger partial charge is 0.267 e. The number of amides is 1. The van der Waals surface area contributed by atoms with E-state index in [-0.39, 0.29) is 10.5 Å². The van der Waals surface area contributed by atoms with Gasteiger partial charge in [0.15, 0.2) is 0 Å². The van der Waals surface area contributed by atoms with Gasteiger partial charge < -0.3 is 10.6 Å². The number of nitrogens with two attached hydrogens (primary N) is 1. The van der Waals surface area contributed by atoms with E-state index in [4.69, 9.17) is 10.4 Å². The van der Waals surface area contributed by atoms with Crippen LogP contribution in [0.2, 0.25) is 0 Å². The first kappa shape index (κ1) is 19.7. The maximum atomic E-state index is 12.1. The molecule has 0 aromatic heterocycles. The van der Waals surface area contributed by atoms with Gasteiger partial charge >= 0.3 is 0 Å². The van der Waals surface area contributed by atoms with Crippen molar-refractivity contribution >= 4 is 37.5 Å². The van der Waals surface area contributed by atoms with Crippen LogP contribution in [0.1, 0.15) is 5.56 Å². The lowest BCUT2D eigenvalue weighted by Gasteiger charge is -2.07. The van der Waals surface area contributed by atoms with Gasteiger partial charge in [0.1, 0.15) is 11.6 Å². The number of hydrogen-bond donors (Lipinski definition) is 3. The fourth-order valence-corrected chi connectivity index (χ4v) is 2.92. The largest absolute Gasteiger partial charge is 0.386 e. The summed E-state index contributed by atoms with van der Waals surface area (Å²) >= 11 is 3.42. The minimum Gasteiger partial charge on any atom is -0.386 e.